The zero-order valence-electron chi connectivity index (χ0n) is 14.1. The zero-order chi connectivity index (χ0) is 16.0. The second-order valence-corrected chi connectivity index (χ2v) is 9.62. The summed E-state index contributed by atoms with van der Waals surface area (Å²) in [5.41, 5.74) is 0. The van der Waals surface area contributed by atoms with E-state index in [-0.39, 0.29) is 4.87 Å². The average molecular weight is 370 g/mol. The molecule has 1 nitrogen and oxygen atoms in total. The molecular formula is C16H35NS4. The van der Waals surface area contributed by atoms with Crippen LogP contribution in [-0.2, 0) is 0 Å². The van der Waals surface area contributed by atoms with Crippen molar-refractivity contribution in [3.63, 3.8) is 0 Å². The molecular weight excluding hydrogens is 334 g/mol. The molecule has 5 heteroatoms. The van der Waals surface area contributed by atoms with E-state index in [1.165, 1.54) is 56.5 Å². The lowest BCUT2D eigenvalue weighted by Crippen LogP contribution is -2.38. The van der Waals surface area contributed by atoms with E-state index in [4.69, 9.17) is 0 Å². The number of unbranched alkanes of at least 4 members (excludes halogenated alkanes) is 5. The summed E-state index contributed by atoms with van der Waals surface area (Å²) in [7, 11) is 2.26. The lowest BCUT2D eigenvalue weighted by molar-refractivity contribution is 0.287. The average Bonchev–Trinajstić information content (AvgIpc) is 2.45. The standard InChI is InChI=1S/C16H35NS4/c1-16(2,21-14-10-6-8-12-19)17(3)15-20-13-9-5-4-7-11-18/h18-19H,4-15H2,1-3H3. The molecule has 0 radical (unpaired) electrons. The second kappa shape index (κ2) is 14.9. The molecule has 0 bridgehead atoms. The van der Waals surface area contributed by atoms with Gasteiger partial charge in [-0.3, -0.25) is 4.90 Å². The fraction of sp³-hybridized carbons (Fsp3) is 1.00. The molecule has 0 heterocycles. The molecule has 0 saturated heterocycles. The molecule has 0 spiro atoms. The highest BCUT2D eigenvalue weighted by molar-refractivity contribution is 8.00. The number of thiol groups is 2. The predicted molar refractivity (Wildman–Crippen MR) is 112 cm³/mol. The van der Waals surface area contributed by atoms with Gasteiger partial charge in [0, 0.05) is 5.88 Å². The normalized spacial score (nSPS) is 12.3. The Morgan fingerprint density at radius 2 is 1.33 bits per heavy atom. The first-order valence-corrected chi connectivity index (χ1v) is 11.6. The maximum Gasteiger partial charge on any atom is 0.0617 e. The van der Waals surface area contributed by atoms with Crippen LogP contribution in [0.4, 0.5) is 0 Å². The summed E-state index contributed by atoms with van der Waals surface area (Å²) in [5, 5.41) is 0. The van der Waals surface area contributed by atoms with Gasteiger partial charge in [-0.2, -0.15) is 25.3 Å². The first-order chi connectivity index (χ1) is 10.0. The third-order valence-electron chi connectivity index (χ3n) is 3.66. The van der Waals surface area contributed by atoms with Crippen LogP contribution in [0.2, 0.25) is 0 Å². The van der Waals surface area contributed by atoms with Gasteiger partial charge in [0.25, 0.3) is 0 Å². The molecule has 0 aromatic rings. The first-order valence-electron chi connectivity index (χ1n) is 8.19. The number of hydrogen-bond donors (Lipinski definition) is 2. The van der Waals surface area contributed by atoms with Crippen molar-refractivity contribution in [3.05, 3.63) is 0 Å². The van der Waals surface area contributed by atoms with Gasteiger partial charge in [0.1, 0.15) is 0 Å². The van der Waals surface area contributed by atoms with Crippen LogP contribution in [0, 0.1) is 0 Å². The van der Waals surface area contributed by atoms with Crippen LogP contribution in [0.1, 0.15) is 58.8 Å². The van der Waals surface area contributed by atoms with Gasteiger partial charge >= 0.3 is 0 Å². The third-order valence-corrected chi connectivity index (χ3v) is 6.95. The van der Waals surface area contributed by atoms with E-state index in [1.807, 2.05) is 0 Å². The second-order valence-electron chi connectivity index (χ2n) is 5.95. The lowest BCUT2D eigenvalue weighted by atomic mass is 10.2. The summed E-state index contributed by atoms with van der Waals surface area (Å²) in [5.74, 6) is 5.76. The van der Waals surface area contributed by atoms with Gasteiger partial charge in [-0.15, -0.1) is 23.5 Å². The van der Waals surface area contributed by atoms with Gasteiger partial charge in [-0.05, 0) is 69.6 Å². The molecule has 0 amide bonds. The van der Waals surface area contributed by atoms with E-state index in [0.717, 1.165) is 17.4 Å². The van der Waals surface area contributed by atoms with Crippen molar-refractivity contribution in [3.8, 4) is 0 Å². The fourth-order valence-electron chi connectivity index (χ4n) is 1.85. The maximum absolute atomic E-state index is 4.27. The Morgan fingerprint density at radius 3 is 1.95 bits per heavy atom. The van der Waals surface area contributed by atoms with Crippen LogP contribution in [0.15, 0.2) is 0 Å². The maximum atomic E-state index is 4.27. The molecule has 0 aliphatic rings. The minimum absolute atomic E-state index is 0.250. The van der Waals surface area contributed by atoms with Crippen molar-refractivity contribution in [2.45, 2.75) is 63.7 Å². The molecule has 0 aromatic heterocycles. The molecule has 21 heavy (non-hydrogen) atoms. The monoisotopic (exact) mass is 369 g/mol. The molecule has 0 aliphatic heterocycles. The van der Waals surface area contributed by atoms with E-state index < -0.39 is 0 Å². The van der Waals surface area contributed by atoms with Crippen LogP contribution >= 0.6 is 48.8 Å². The zero-order valence-corrected chi connectivity index (χ0v) is 17.6. The van der Waals surface area contributed by atoms with E-state index in [9.17, 15) is 0 Å². The molecule has 0 N–H and O–H groups in total. The van der Waals surface area contributed by atoms with Crippen LogP contribution < -0.4 is 0 Å². The Bertz CT molecular complexity index is 224. The Morgan fingerprint density at radius 1 is 0.810 bits per heavy atom. The van der Waals surface area contributed by atoms with Gasteiger partial charge < -0.3 is 0 Å². The van der Waals surface area contributed by atoms with Crippen LogP contribution in [0.25, 0.3) is 0 Å². The SMILES string of the molecule is CN(CSCCCCCCS)C(C)(C)SCCCCCS. The summed E-state index contributed by atoms with van der Waals surface area (Å²) in [6, 6.07) is 0. The van der Waals surface area contributed by atoms with Crippen molar-refractivity contribution >= 4 is 48.8 Å². The number of nitrogens with zero attached hydrogens (tertiary/aromatic N) is 1. The smallest absolute Gasteiger partial charge is 0.0617 e. The van der Waals surface area contributed by atoms with E-state index in [1.54, 1.807) is 0 Å². The molecule has 128 valence electrons. The van der Waals surface area contributed by atoms with Gasteiger partial charge in [0.05, 0.1) is 4.87 Å². The van der Waals surface area contributed by atoms with E-state index >= 15 is 0 Å². The Balaban J connectivity index is 3.59. The van der Waals surface area contributed by atoms with Crippen molar-refractivity contribution < 1.29 is 0 Å². The third kappa shape index (κ3) is 13.5. The molecule has 0 aliphatic carbocycles. The number of rotatable bonds is 15. The highest BCUT2D eigenvalue weighted by atomic mass is 32.2. The van der Waals surface area contributed by atoms with Gasteiger partial charge in [0.15, 0.2) is 0 Å². The van der Waals surface area contributed by atoms with Crippen LogP contribution in [0.3, 0.4) is 0 Å². The largest absolute Gasteiger partial charge is 0.283 e. The van der Waals surface area contributed by atoms with Gasteiger partial charge in [-0.1, -0.05) is 19.3 Å². The summed E-state index contributed by atoms with van der Waals surface area (Å²) in [6.45, 7) is 4.70. The highest BCUT2D eigenvalue weighted by Gasteiger charge is 2.23. The Hall–Kier alpha value is 1.36. The topological polar surface area (TPSA) is 3.24 Å². The summed E-state index contributed by atoms with van der Waals surface area (Å²) in [4.78, 5) is 2.74. The molecule has 0 rings (SSSR count). The quantitative estimate of drug-likeness (QED) is 0.218. The molecule has 0 fully saturated rings. The Labute approximate surface area is 153 Å². The minimum Gasteiger partial charge on any atom is -0.283 e. The van der Waals surface area contributed by atoms with Crippen LogP contribution in [0.5, 0.6) is 0 Å². The van der Waals surface area contributed by atoms with Crippen molar-refractivity contribution in [2.24, 2.45) is 0 Å². The fourth-order valence-corrected chi connectivity index (χ4v) is 4.65. The minimum atomic E-state index is 0.250. The first kappa shape index (κ1) is 22.4. The van der Waals surface area contributed by atoms with Gasteiger partial charge in [-0.25, -0.2) is 0 Å². The van der Waals surface area contributed by atoms with Gasteiger partial charge in [0.2, 0.25) is 0 Å². The molecule has 0 aromatic carbocycles. The molecule has 0 saturated carbocycles. The highest BCUT2D eigenvalue weighted by Crippen LogP contribution is 2.30. The van der Waals surface area contributed by atoms with E-state index in [0.29, 0.717) is 0 Å². The lowest BCUT2D eigenvalue weighted by Gasteiger charge is -2.35. The van der Waals surface area contributed by atoms with Crippen molar-refractivity contribution in [2.75, 3.05) is 35.9 Å². The van der Waals surface area contributed by atoms with Crippen LogP contribution in [-0.4, -0.2) is 45.7 Å². The summed E-state index contributed by atoms with van der Waals surface area (Å²) >= 11 is 12.7. The molecule has 0 atom stereocenters. The summed E-state index contributed by atoms with van der Waals surface area (Å²) in [6.07, 6.45) is 9.21. The summed E-state index contributed by atoms with van der Waals surface area (Å²) < 4.78 is 0. The molecule has 0 unspecified atom stereocenters. The number of hydrogen-bond acceptors (Lipinski definition) is 5. The van der Waals surface area contributed by atoms with E-state index in [2.05, 4.69) is 74.6 Å². The number of thioether (sulfide) groups is 2. The predicted octanol–water partition coefficient (Wildman–Crippen LogP) is 5.67. The van der Waals surface area contributed by atoms with Crippen molar-refractivity contribution in [1.29, 1.82) is 0 Å². The van der Waals surface area contributed by atoms with Crippen molar-refractivity contribution in [1.82, 2.24) is 4.90 Å². The Kier molecular flexibility index (Phi) is 15.9.